The first kappa shape index (κ1) is 19.2. The molecule has 0 amide bonds. The summed E-state index contributed by atoms with van der Waals surface area (Å²) in [4.78, 5) is 11.4. The summed E-state index contributed by atoms with van der Waals surface area (Å²) in [6.07, 6.45) is 15.1. The molecule has 3 heteroatoms. The molecule has 128 valence electrons. The van der Waals surface area contributed by atoms with E-state index in [2.05, 4.69) is 13.5 Å². The van der Waals surface area contributed by atoms with E-state index >= 15 is 0 Å². The van der Waals surface area contributed by atoms with Gasteiger partial charge >= 0.3 is 5.97 Å². The highest BCUT2D eigenvalue weighted by atomic mass is 16.6. The van der Waals surface area contributed by atoms with Gasteiger partial charge in [0.2, 0.25) is 0 Å². The molecule has 0 saturated carbocycles. The molecule has 0 unspecified atom stereocenters. The van der Waals surface area contributed by atoms with Gasteiger partial charge in [0.25, 0.3) is 0 Å². The second kappa shape index (κ2) is 11.7. The lowest BCUT2D eigenvalue weighted by molar-refractivity contribution is -0.139. The predicted molar refractivity (Wildman–Crippen MR) is 90.7 cm³/mol. The van der Waals surface area contributed by atoms with E-state index < -0.39 is 0 Å². The molecule has 0 bridgehead atoms. The maximum absolute atomic E-state index is 11.4. The van der Waals surface area contributed by atoms with Crippen molar-refractivity contribution in [2.75, 3.05) is 6.61 Å². The standard InChI is InChI=1S/C19H34O3/c1-3-4-5-6-7-8-9-10-11-12-13-14-18-17(15-20)16(2)19(21)22-18/h17-18,20H,2-15H2,1H3/t17-,18+/m0/s1. The van der Waals surface area contributed by atoms with Crippen molar-refractivity contribution in [1.29, 1.82) is 0 Å². The van der Waals surface area contributed by atoms with Crippen LogP contribution in [0.3, 0.4) is 0 Å². The van der Waals surface area contributed by atoms with Gasteiger partial charge < -0.3 is 9.84 Å². The Balaban J connectivity index is 1.93. The van der Waals surface area contributed by atoms with Crippen LogP contribution < -0.4 is 0 Å². The van der Waals surface area contributed by atoms with Gasteiger partial charge in [0.1, 0.15) is 6.10 Å². The van der Waals surface area contributed by atoms with Crippen molar-refractivity contribution in [3.8, 4) is 0 Å². The SMILES string of the molecule is C=C1C(=O)O[C@H](CCCCCCCCCCCCC)[C@H]1CO. The van der Waals surface area contributed by atoms with Gasteiger partial charge in [-0.25, -0.2) is 4.79 Å². The Kier molecular flexibility index (Phi) is 10.2. The van der Waals surface area contributed by atoms with Gasteiger partial charge in [0.15, 0.2) is 0 Å². The van der Waals surface area contributed by atoms with E-state index in [-0.39, 0.29) is 24.6 Å². The van der Waals surface area contributed by atoms with Crippen LogP contribution in [0.2, 0.25) is 0 Å². The third kappa shape index (κ3) is 6.95. The van der Waals surface area contributed by atoms with Gasteiger partial charge in [-0.1, -0.05) is 77.7 Å². The van der Waals surface area contributed by atoms with Crippen molar-refractivity contribution in [3.05, 3.63) is 12.2 Å². The first-order valence-corrected chi connectivity index (χ1v) is 9.21. The van der Waals surface area contributed by atoms with E-state index in [9.17, 15) is 9.90 Å². The number of esters is 1. The molecule has 0 aromatic rings. The van der Waals surface area contributed by atoms with Gasteiger partial charge in [-0.05, 0) is 12.8 Å². The molecule has 1 heterocycles. The summed E-state index contributed by atoms with van der Waals surface area (Å²) in [6.45, 7) is 5.93. The van der Waals surface area contributed by atoms with Gasteiger partial charge in [-0.15, -0.1) is 0 Å². The number of aliphatic hydroxyl groups excluding tert-OH is 1. The molecule has 0 aromatic heterocycles. The molecule has 3 nitrogen and oxygen atoms in total. The molecule has 0 radical (unpaired) electrons. The van der Waals surface area contributed by atoms with E-state index in [0.29, 0.717) is 5.57 Å². The first-order valence-electron chi connectivity index (χ1n) is 9.21. The number of rotatable bonds is 13. The van der Waals surface area contributed by atoms with Crippen LogP contribution in [0.1, 0.15) is 84.0 Å². The maximum atomic E-state index is 11.4. The molecule has 2 atom stereocenters. The summed E-state index contributed by atoms with van der Waals surface area (Å²) < 4.78 is 5.27. The van der Waals surface area contributed by atoms with Gasteiger partial charge in [0.05, 0.1) is 12.5 Å². The van der Waals surface area contributed by atoms with E-state index in [4.69, 9.17) is 4.74 Å². The number of hydrogen-bond acceptors (Lipinski definition) is 3. The van der Waals surface area contributed by atoms with Crippen LogP contribution in [0.4, 0.5) is 0 Å². The molecule has 1 aliphatic rings. The lowest BCUT2D eigenvalue weighted by atomic mass is 9.94. The predicted octanol–water partition coefficient (Wildman–Crippen LogP) is 4.78. The molecule has 22 heavy (non-hydrogen) atoms. The van der Waals surface area contributed by atoms with Gasteiger partial charge in [-0.2, -0.15) is 0 Å². The van der Waals surface area contributed by atoms with Crippen LogP contribution in [-0.4, -0.2) is 23.8 Å². The van der Waals surface area contributed by atoms with Crippen LogP contribution in [-0.2, 0) is 9.53 Å². The largest absolute Gasteiger partial charge is 0.458 e. The van der Waals surface area contributed by atoms with Crippen molar-refractivity contribution in [2.45, 2.75) is 90.1 Å². The molecule has 1 N–H and O–H groups in total. The average Bonchev–Trinajstić information content (AvgIpc) is 2.79. The highest BCUT2D eigenvalue weighted by Gasteiger charge is 2.37. The second-order valence-electron chi connectivity index (χ2n) is 6.58. The number of carbonyl (C=O) groups is 1. The normalized spacial score (nSPS) is 21.4. The Labute approximate surface area is 136 Å². The highest BCUT2D eigenvalue weighted by molar-refractivity contribution is 5.90. The van der Waals surface area contributed by atoms with Crippen LogP contribution in [0, 0.1) is 5.92 Å². The first-order chi connectivity index (χ1) is 10.7. The third-order valence-corrected chi connectivity index (χ3v) is 4.71. The Morgan fingerprint density at radius 3 is 1.95 bits per heavy atom. The summed E-state index contributed by atoms with van der Waals surface area (Å²) >= 11 is 0. The fourth-order valence-corrected chi connectivity index (χ4v) is 3.17. The molecule has 0 aliphatic carbocycles. The van der Waals surface area contributed by atoms with Crippen molar-refractivity contribution >= 4 is 5.97 Å². The fraction of sp³-hybridized carbons (Fsp3) is 0.842. The summed E-state index contributed by atoms with van der Waals surface area (Å²) in [7, 11) is 0. The van der Waals surface area contributed by atoms with E-state index in [1.54, 1.807) is 0 Å². The number of aliphatic hydroxyl groups is 1. The molecular formula is C19H34O3. The average molecular weight is 310 g/mol. The molecule has 1 fully saturated rings. The number of unbranched alkanes of at least 4 members (excludes halogenated alkanes) is 10. The van der Waals surface area contributed by atoms with Crippen LogP contribution in [0.15, 0.2) is 12.2 Å². The Hall–Kier alpha value is -0.830. The smallest absolute Gasteiger partial charge is 0.334 e. The van der Waals surface area contributed by atoms with Crippen molar-refractivity contribution < 1.29 is 14.6 Å². The number of carbonyl (C=O) groups excluding carboxylic acids is 1. The minimum absolute atomic E-state index is 0.0345. The Bertz CT molecular complexity index is 325. The quantitative estimate of drug-likeness (QED) is 0.302. The summed E-state index contributed by atoms with van der Waals surface area (Å²) in [6, 6.07) is 0. The van der Waals surface area contributed by atoms with E-state index in [1.165, 1.54) is 64.2 Å². The van der Waals surface area contributed by atoms with Crippen LogP contribution in [0.5, 0.6) is 0 Å². The van der Waals surface area contributed by atoms with Crippen molar-refractivity contribution in [1.82, 2.24) is 0 Å². The third-order valence-electron chi connectivity index (χ3n) is 4.71. The van der Waals surface area contributed by atoms with E-state index in [1.807, 2.05) is 0 Å². The van der Waals surface area contributed by atoms with Crippen molar-refractivity contribution in [2.24, 2.45) is 5.92 Å². The fourth-order valence-electron chi connectivity index (χ4n) is 3.17. The molecule has 1 aliphatic heterocycles. The number of cyclic esters (lactones) is 1. The summed E-state index contributed by atoms with van der Waals surface area (Å²) in [5.74, 6) is -0.511. The van der Waals surface area contributed by atoms with Crippen LogP contribution in [0.25, 0.3) is 0 Å². The van der Waals surface area contributed by atoms with Crippen molar-refractivity contribution in [3.63, 3.8) is 0 Å². The number of ether oxygens (including phenoxy) is 1. The minimum Gasteiger partial charge on any atom is -0.458 e. The Morgan fingerprint density at radius 1 is 0.955 bits per heavy atom. The van der Waals surface area contributed by atoms with Gasteiger partial charge in [0, 0.05) is 5.57 Å². The monoisotopic (exact) mass is 310 g/mol. The lowest BCUT2D eigenvalue weighted by Crippen LogP contribution is -2.19. The molecule has 0 spiro atoms. The highest BCUT2D eigenvalue weighted by Crippen LogP contribution is 2.29. The van der Waals surface area contributed by atoms with Crippen LogP contribution >= 0.6 is 0 Å². The van der Waals surface area contributed by atoms with E-state index in [0.717, 1.165) is 12.8 Å². The lowest BCUT2D eigenvalue weighted by Gasteiger charge is -2.15. The molecule has 1 saturated heterocycles. The maximum Gasteiger partial charge on any atom is 0.334 e. The molecule has 0 aromatic carbocycles. The Morgan fingerprint density at radius 2 is 1.45 bits per heavy atom. The second-order valence-corrected chi connectivity index (χ2v) is 6.58. The molecule has 1 rings (SSSR count). The molecular weight excluding hydrogens is 276 g/mol. The minimum atomic E-state index is -0.327. The van der Waals surface area contributed by atoms with Gasteiger partial charge in [-0.3, -0.25) is 0 Å². The summed E-state index contributed by atoms with van der Waals surface area (Å²) in [5, 5.41) is 9.31. The zero-order chi connectivity index (χ0) is 16.2. The summed E-state index contributed by atoms with van der Waals surface area (Å²) in [5.41, 5.74) is 0.440. The topological polar surface area (TPSA) is 46.5 Å². The zero-order valence-electron chi connectivity index (χ0n) is 14.3. The zero-order valence-corrected chi connectivity index (χ0v) is 14.3. The number of hydrogen-bond donors (Lipinski definition) is 1.